The van der Waals surface area contributed by atoms with Crippen LogP contribution < -0.4 is 10.6 Å². The quantitative estimate of drug-likeness (QED) is 0.830. The average Bonchev–Trinajstić information content (AvgIpc) is 2.19. The lowest BCUT2D eigenvalue weighted by Gasteiger charge is -2.14. The minimum atomic E-state index is -0.849. The Bertz CT molecular complexity index is 373. The molecule has 82 valence electrons. The molecule has 15 heavy (non-hydrogen) atoms. The van der Waals surface area contributed by atoms with E-state index in [1.807, 2.05) is 0 Å². The molecule has 0 aliphatic carbocycles. The van der Waals surface area contributed by atoms with Gasteiger partial charge in [0.1, 0.15) is 0 Å². The Hall–Kier alpha value is -1.42. The lowest BCUT2D eigenvalue weighted by molar-refractivity contribution is 0.508. The molecule has 1 rings (SSSR count). The summed E-state index contributed by atoms with van der Waals surface area (Å²) in [5, 5.41) is 0. The molecule has 1 aromatic rings. The van der Waals surface area contributed by atoms with Crippen LogP contribution in [0.3, 0.4) is 0 Å². The maximum absolute atomic E-state index is 13.3. The fraction of sp³-hybridized carbons (Fsp3) is 0.273. The van der Waals surface area contributed by atoms with Gasteiger partial charge in [-0.2, -0.15) is 0 Å². The number of nitrogens with zero attached hydrogens (tertiary/aromatic N) is 1. The van der Waals surface area contributed by atoms with Crippen molar-refractivity contribution in [1.29, 1.82) is 0 Å². The van der Waals surface area contributed by atoms with Gasteiger partial charge in [0.2, 0.25) is 0 Å². The minimum absolute atomic E-state index is 0.228. The Morgan fingerprint density at radius 2 is 2.00 bits per heavy atom. The number of rotatable bonds is 3. The van der Waals surface area contributed by atoms with Crippen LogP contribution in [0.15, 0.2) is 18.2 Å². The molecule has 0 aliphatic heterocycles. The molecule has 0 unspecified atom stereocenters. The molecule has 0 bridgehead atoms. The molecule has 0 radical (unpaired) electrons. The highest BCUT2D eigenvalue weighted by Gasteiger charge is 2.10. The Balaban J connectivity index is 3.17. The summed E-state index contributed by atoms with van der Waals surface area (Å²) in [6, 6.07) is 2.72. The van der Waals surface area contributed by atoms with Gasteiger partial charge in [-0.1, -0.05) is 12.2 Å². The first-order chi connectivity index (χ1) is 7.06. The first-order valence-corrected chi connectivity index (χ1v) is 4.59. The maximum Gasteiger partial charge on any atom is 0.182 e. The van der Waals surface area contributed by atoms with Crippen molar-refractivity contribution in [2.24, 2.45) is 5.73 Å². The topological polar surface area (TPSA) is 29.3 Å². The van der Waals surface area contributed by atoms with Crippen molar-refractivity contribution in [1.82, 2.24) is 0 Å². The van der Waals surface area contributed by atoms with Gasteiger partial charge >= 0.3 is 0 Å². The third-order valence-corrected chi connectivity index (χ3v) is 1.96. The summed E-state index contributed by atoms with van der Waals surface area (Å²) in [5.41, 5.74) is 6.11. The van der Waals surface area contributed by atoms with Gasteiger partial charge < -0.3 is 10.6 Å². The van der Waals surface area contributed by atoms with Crippen LogP contribution >= 0.6 is 0 Å². The number of halogens is 2. The van der Waals surface area contributed by atoms with Gasteiger partial charge in [0.05, 0.1) is 5.69 Å². The molecular formula is C11H14F2N2. The monoisotopic (exact) mass is 212 g/mol. The van der Waals surface area contributed by atoms with Crippen LogP contribution in [-0.2, 0) is 0 Å². The lowest BCUT2D eigenvalue weighted by atomic mass is 10.1. The standard InChI is InChI=1S/C11H14F2N2/c1-15(2)10-7-8(4-3-5-14)6-9(12)11(10)13/h3-4,6-7H,5,14H2,1-2H3/b4-3+. The van der Waals surface area contributed by atoms with Crippen LogP contribution in [-0.4, -0.2) is 20.6 Å². The van der Waals surface area contributed by atoms with E-state index in [2.05, 4.69) is 0 Å². The largest absolute Gasteiger partial charge is 0.375 e. The lowest BCUT2D eigenvalue weighted by Crippen LogP contribution is -2.11. The Labute approximate surface area is 88.0 Å². The minimum Gasteiger partial charge on any atom is -0.375 e. The molecule has 0 atom stereocenters. The van der Waals surface area contributed by atoms with Gasteiger partial charge in [-0.05, 0) is 17.7 Å². The van der Waals surface area contributed by atoms with E-state index in [4.69, 9.17) is 5.73 Å². The molecule has 0 fully saturated rings. The zero-order chi connectivity index (χ0) is 11.4. The summed E-state index contributed by atoms with van der Waals surface area (Å²) >= 11 is 0. The van der Waals surface area contributed by atoms with E-state index >= 15 is 0 Å². The second-order valence-electron chi connectivity index (χ2n) is 3.37. The fourth-order valence-electron chi connectivity index (χ4n) is 1.22. The summed E-state index contributed by atoms with van der Waals surface area (Å²) in [6.07, 6.45) is 3.35. The van der Waals surface area contributed by atoms with E-state index in [0.717, 1.165) is 6.07 Å². The van der Waals surface area contributed by atoms with E-state index in [-0.39, 0.29) is 5.69 Å². The van der Waals surface area contributed by atoms with Crippen LogP contribution in [0, 0.1) is 11.6 Å². The van der Waals surface area contributed by atoms with Crippen molar-refractivity contribution < 1.29 is 8.78 Å². The Morgan fingerprint density at radius 3 is 2.53 bits per heavy atom. The molecule has 0 aromatic heterocycles. The van der Waals surface area contributed by atoms with Gasteiger partial charge in [0, 0.05) is 20.6 Å². The molecule has 2 N–H and O–H groups in total. The number of hydrogen-bond acceptors (Lipinski definition) is 2. The zero-order valence-electron chi connectivity index (χ0n) is 8.80. The van der Waals surface area contributed by atoms with Crippen LogP contribution in [0.1, 0.15) is 5.56 Å². The molecule has 0 saturated heterocycles. The molecule has 4 heteroatoms. The highest BCUT2D eigenvalue weighted by Crippen LogP contribution is 2.22. The van der Waals surface area contributed by atoms with E-state index in [1.165, 1.54) is 4.90 Å². The summed E-state index contributed by atoms with van der Waals surface area (Å²) < 4.78 is 26.4. The first kappa shape index (κ1) is 11.7. The normalized spacial score (nSPS) is 11.0. The number of nitrogens with two attached hydrogens (primary N) is 1. The number of hydrogen-bond donors (Lipinski definition) is 1. The molecule has 1 aromatic carbocycles. The third-order valence-electron chi connectivity index (χ3n) is 1.96. The summed E-state index contributed by atoms with van der Waals surface area (Å²) in [7, 11) is 3.32. The van der Waals surface area contributed by atoms with E-state index < -0.39 is 11.6 Å². The molecule has 0 spiro atoms. The van der Waals surface area contributed by atoms with Gasteiger partial charge in [-0.3, -0.25) is 0 Å². The highest BCUT2D eigenvalue weighted by atomic mass is 19.2. The second kappa shape index (κ2) is 4.89. The second-order valence-corrected chi connectivity index (χ2v) is 3.37. The van der Waals surface area contributed by atoms with Crippen molar-refractivity contribution in [3.63, 3.8) is 0 Å². The summed E-state index contributed by atoms with van der Waals surface area (Å²) in [5.74, 6) is -1.68. The van der Waals surface area contributed by atoms with E-state index in [0.29, 0.717) is 12.1 Å². The predicted octanol–water partition coefficient (Wildman–Crippen LogP) is 2.00. The maximum atomic E-state index is 13.3. The molecular weight excluding hydrogens is 198 g/mol. The zero-order valence-corrected chi connectivity index (χ0v) is 8.80. The van der Waals surface area contributed by atoms with Crippen LogP contribution in [0.4, 0.5) is 14.5 Å². The van der Waals surface area contributed by atoms with Crippen molar-refractivity contribution in [2.75, 3.05) is 25.5 Å². The van der Waals surface area contributed by atoms with Crippen LogP contribution in [0.5, 0.6) is 0 Å². The van der Waals surface area contributed by atoms with Gasteiger partial charge in [-0.15, -0.1) is 0 Å². The van der Waals surface area contributed by atoms with Crippen molar-refractivity contribution >= 4 is 11.8 Å². The van der Waals surface area contributed by atoms with Crippen molar-refractivity contribution in [3.05, 3.63) is 35.4 Å². The van der Waals surface area contributed by atoms with Gasteiger partial charge in [0.25, 0.3) is 0 Å². The summed E-state index contributed by atoms with van der Waals surface area (Å²) in [6.45, 7) is 0.371. The number of anilines is 1. The van der Waals surface area contributed by atoms with E-state index in [1.54, 1.807) is 32.3 Å². The third kappa shape index (κ3) is 2.76. The number of benzene rings is 1. The first-order valence-electron chi connectivity index (χ1n) is 4.59. The predicted molar refractivity (Wildman–Crippen MR) is 58.8 cm³/mol. The van der Waals surface area contributed by atoms with Crippen LogP contribution in [0.25, 0.3) is 6.08 Å². The molecule has 0 heterocycles. The van der Waals surface area contributed by atoms with Gasteiger partial charge in [-0.25, -0.2) is 8.78 Å². The molecule has 0 aliphatic rings. The summed E-state index contributed by atoms with van der Waals surface area (Å²) in [4.78, 5) is 1.53. The van der Waals surface area contributed by atoms with Crippen molar-refractivity contribution in [3.8, 4) is 0 Å². The Morgan fingerprint density at radius 1 is 1.33 bits per heavy atom. The fourth-order valence-corrected chi connectivity index (χ4v) is 1.22. The van der Waals surface area contributed by atoms with Crippen molar-refractivity contribution in [2.45, 2.75) is 0 Å². The smallest absolute Gasteiger partial charge is 0.182 e. The Kier molecular flexibility index (Phi) is 3.80. The van der Waals surface area contributed by atoms with Gasteiger partial charge in [0.15, 0.2) is 11.6 Å². The average molecular weight is 212 g/mol. The SMILES string of the molecule is CN(C)c1cc(/C=C/CN)cc(F)c1F. The molecule has 0 saturated carbocycles. The molecule has 0 amide bonds. The highest BCUT2D eigenvalue weighted by molar-refractivity contribution is 5.59. The van der Waals surface area contributed by atoms with Crippen LogP contribution in [0.2, 0.25) is 0 Å². The molecule has 2 nitrogen and oxygen atoms in total. The van der Waals surface area contributed by atoms with E-state index in [9.17, 15) is 8.78 Å².